The third kappa shape index (κ3) is 6.86. The molecule has 1 aromatic heterocycles. The lowest BCUT2D eigenvalue weighted by molar-refractivity contribution is 0.0122. The molecule has 0 atom stereocenters. The fourth-order valence-corrected chi connectivity index (χ4v) is 3.80. The summed E-state index contributed by atoms with van der Waals surface area (Å²) < 4.78 is 48.4. The number of hydrogen-bond donors (Lipinski definition) is 1. The smallest absolute Gasteiger partial charge is 0.410 e. The third-order valence-electron chi connectivity index (χ3n) is 4.87. The van der Waals surface area contributed by atoms with Crippen molar-refractivity contribution in [1.82, 2.24) is 15.1 Å². The fourth-order valence-electron chi connectivity index (χ4n) is 3.17. The summed E-state index contributed by atoms with van der Waals surface area (Å²) in [6.07, 6.45) is 1.61. The van der Waals surface area contributed by atoms with Crippen LogP contribution < -0.4 is 10.1 Å². The van der Waals surface area contributed by atoms with Crippen molar-refractivity contribution in [2.75, 3.05) is 24.7 Å². The monoisotopic (exact) mass is 494 g/mol. The summed E-state index contributed by atoms with van der Waals surface area (Å²) in [5, 5.41) is 10.1. The Bertz CT molecular complexity index is 1160. The number of anilines is 1. The zero-order valence-electron chi connectivity index (χ0n) is 19.4. The van der Waals surface area contributed by atoms with Crippen LogP contribution in [0.3, 0.4) is 0 Å². The number of amides is 2. The van der Waals surface area contributed by atoms with Crippen LogP contribution in [0.1, 0.15) is 44.1 Å². The van der Waals surface area contributed by atoms with Gasteiger partial charge in [0, 0.05) is 38.3 Å². The number of rotatable bonds is 5. The minimum Gasteiger partial charge on any atom is -0.473 e. The van der Waals surface area contributed by atoms with Crippen LogP contribution in [0, 0.1) is 5.82 Å². The summed E-state index contributed by atoms with van der Waals surface area (Å²) in [6.45, 7) is 6.41. The van der Waals surface area contributed by atoms with E-state index in [9.17, 15) is 22.4 Å². The molecule has 2 aromatic rings. The molecule has 0 aliphatic carbocycles. The van der Waals surface area contributed by atoms with Crippen molar-refractivity contribution in [3.05, 3.63) is 41.8 Å². The second-order valence-corrected chi connectivity index (χ2v) is 10.9. The number of piperidine rings is 1. The number of carbonyl (C=O) groups excluding carboxylic acids is 2. The number of nitrogens with zero attached hydrogens (tertiary/aromatic N) is 3. The van der Waals surface area contributed by atoms with Gasteiger partial charge in [0.2, 0.25) is 5.88 Å². The van der Waals surface area contributed by atoms with E-state index >= 15 is 0 Å². The molecule has 34 heavy (non-hydrogen) atoms. The lowest BCUT2D eigenvalue weighted by Crippen LogP contribution is -2.44. The summed E-state index contributed by atoms with van der Waals surface area (Å²) in [4.78, 5) is 25.9. The second-order valence-electron chi connectivity index (χ2n) is 8.91. The normalized spacial score (nSPS) is 15.0. The molecule has 0 unspecified atom stereocenters. The highest BCUT2D eigenvalue weighted by molar-refractivity contribution is 7.90. The Morgan fingerprint density at radius 3 is 2.32 bits per heavy atom. The van der Waals surface area contributed by atoms with Gasteiger partial charge < -0.3 is 19.7 Å². The van der Waals surface area contributed by atoms with Gasteiger partial charge in [-0.05, 0) is 45.0 Å². The van der Waals surface area contributed by atoms with Crippen molar-refractivity contribution in [2.24, 2.45) is 0 Å². The molecule has 2 amide bonds. The zero-order valence-corrected chi connectivity index (χ0v) is 20.2. The summed E-state index contributed by atoms with van der Waals surface area (Å²) >= 11 is 0. The van der Waals surface area contributed by atoms with Crippen LogP contribution in [0.2, 0.25) is 0 Å². The molecule has 0 spiro atoms. The van der Waals surface area contributed by atoms with Crippen molar-refractivity contribution in [3.63, 3.8) is 0 Å². The number of aromatic nitrogens is 2. The quantitative estimate of drug-likeness (QED) is 0.672. The van der Waals surface area contributed by atoms with Crippen LogP contribution in [0.4, 0.5) is 14.9 Å². The Morgan fingerprint density at radius 2 is 1.79 bits per heavy atom. The highest BCUT2D eigenvalue weighted by atomic mass is 32.2. The largest absolute Gasteiger partial charge is 0.473 e. The molecule has 1 aliphatic rings. The molecular weight excluding hydrogens is 467 g/mol. The third-order valence-corrected chi connectivity index (χ3v) is 5.98. The van der Waals surface area contributed by atoms with E-state index < -0.39 is 27.2 Å². The van der Waals surface area contributed by atoms with Crippen LogP contribution in [-0.2, 0) is 14.6 Å². The van der Waals surface area contributed by atoms with E-state index in [1.165, 1.54) is 18.2 Å². The SMILES string of the molecule is CC(C)(C)OC(=O)N1CCC(Oc2ccc(C(=O)Nc3ccc(S(C)(=O)=O)cc3F)nn2)CC1. The highest BCUT2D eigenvalue weighted by Crippen LogP contribution is 2.21. The van der Waals surface area contributed by atoms with E-state index in [1.54, 1.807) is 4.90 Å². The lowest BCUT2D eigenvalue weighted by atomic mass is 10.1. The first-order valence-electron chi connectivity index (χ1n) is 10.6. The maximum Gasteiger partial charge on any atom is 0.410 e. The zero-order chi connectivity index (χ0) is 25.1. The van der Waals surface area contributed by atoms with Gasteiger partial charge in [-0.1, -0.05) is 0 Å². The molecule has 10 nitrogen and oxygen atoms in total. The maximum absolute atomic E-state index is 14.2. The number of likely N-dealkylation sites (tertiary alicyclic amines) is 1. The predicted molar refractivity (Wildman–Crippen MR) is 121 cm³/mol. The Balaban J connectivity index is 1.54. The van der Waals surface area contributed by atoms with Crippen LogP contribution in [0.15, 0.2) is 35.2 Å². The first-order valence-corrected chi connectivity index (χ1v) is 12.5. The summed E-state index contributed by atoms with van der Waals surface area (Å²) in [5.41, 5.74) is -0.811. The Kier molecular flexibility index (Phi) is 7.39. The van der Waals surface area contributed by atoms with Gasteiger partial charge in [0.05, 0.1) is 10.6 Å². The van der Waals surface area contributed by atoms with Crippen LogP contribution >= 0.6 is 0 Å². The first-order chi connectivity index (χ1) is 15.8. The molecule has 0 bridgehead atoms. The molecule has 3 rings (SSSR count). The van der Waals surface area contributed by atoms with Gasteiger partial charge in [0.25, 0.3) is 5.91 Å². The highest BCUT2D eigenvalue weighted by Gasteiger charge is 2.28. The van der Waals surface area contributed by atoms with Crippen LogP contribution in [-0.4, -0.2) is 66.6 Å². The van der Waals surface area contributed by atoms with Crippen molar-refractivity contribution >= 4 is 27.5 Å². The Labute approximate surface area is 197 Å². The molecule has 1 aromatic carbocycles. The van der Waals surface area contributed by atoms with Crippen molar-refractivity contribution in [2.45, 2.75) is 50.2 Å². The van der Waals surface area contributed by atoms with Gasteiger partial charge >= 0.3 is 6.09 Å². The van der Waals surface area contributed by atoms with Gasteiger partial charge in [-0.15, -0.1) is 10.2 Å². The molecule has 12 heteroatoms. The van der Waals surface area contributed by atoms with Gasteiger partial charge in [-0.25, -0.2) is 17.6 Å². The first kappa shape index (κ1) is 25.3. The second kappa shape index (κ2) is 9.92. The topological polar surface area (TPSA) is 128 Å². The van der Waals surface area contributed by atoms with Crippen molar-refractivity contribution in [1.29, 1.82) is 0 Å². The number of ether oxygens (including phenoxy) is 2. The van der Waals surface area contributed by atoms with E-state index in [2.05, 4.69) is 15.5 Å². The van der Waals surface area contributed by atoms with Gasteiger partial charge in [0.1, 0.15) is 17.5 Å². The molecule has 2 heterocycles. The van der Waals surface area contributed by atoms with Gasteiger partial charge in [-0.2, -0.15) is 0 Å². The Morgan fingerprint density at radius 1 is 1.12 bits per heavy atom. The molecule has 1 fully saturated rings. The van der Waals surface area contributed by atoms with Crippen LogP contribution in [0.5, 0.6) is 5.88 Å². The average molecular weight is 495 g/mol. The molecule has 1 aliphatic heterocycles. The summed E-state index contributed by atoms with van der Waals surface area (Å²) in [6, 6.07) is 6.06. The summed E-state index contributed by atoms with van der Waals surface area (Å²) in [7, 11) is -3.57. The number of benzene rings is 1. The minimum atomic E-state index is -3.57. The van der Waals surface area contributed by atoms with Crippen molar-refractivity contribution < 1.29 is 31.9 Å². The van der Waals surface area contributed by atoms with Crippen molar-refractivity contribution in [3.8, 4) is 5.88 Å². The van der Waals surface area contributed by atoms with E-state index in [0.29, 0.717) is 25.9 Å². The molecule has 1 saturated heterocycles. The maximum atomic E-state index is 14.2. The number of sulfone groups is 1. The van der Waals surface area contributed by atoms with Gasteiger partial charge in [-0.3, -0.25) is 4.79 Å². The molecule has 0 radical (unpaired) electrons. The summed E-state index contributed by atoms with van der Waals surface area (Å²) in [5.74, 6) is -1.38. The fraction of sp³-hybridized carbons (Fsp3) is 0.455. The minimum absolute atomic E-state index is 0.0707. The molecule has 1 N–H and O–H groups in total. The number of hydrogen-bond acceptors (Lipinski definition) is 8. The van der Waals surface area contributed by atoms with E-state index in [1.807, 2.05) is 20.8 Å². The lowest BCUT2D eigenvalue weighted by Gasteiger charge is -2.33. The van der Waals surface area contributed by atoms with E-state index in [-0.39, 0.29) is 34.4 Å². The number of halogens is 1. The molecular formula is C22H27FN4O6S. The number of nitrogens with one attached hydrogen (secondary N) is 1. The predicted octanol–water partition coefficient (Wildman–Crippen LogP) is 3.05. The molecule has 184 valence electrons. The van der Waals surface area contributed by atoms with Gasteiger partial charge in [0.15, 0.2) is 15.5 Å². The van der Waals surface area contributed by atoms with E-state index in [0.717, 1.165) is 18.4 Å². The number of carbonyl (C=O) groups is 2. The van der Waals surface area contributed by atoms with E-state index in [4.69, 9.17) is 9.47 Å². The average Bonchev–Trinajstić information content (AvgIpc) is 2.74. The standard InChI is InChI=1S/C22H27FN4O6S/c1-22(2,3)33-21(29)27-11-9-14(10-12-27)32-19-8-7-18(25-26-19)20(28)24-17-6-5-15(13-16(17)23)34(4,30)31/h5-8,13-14H,9-12H2,1-4H3,(H,24,28). The van der Waals surface area contributed by atoms with Crippen LogP contribution in [0.25, 0.3) is 0 Å². The Hall–Kier alpha value is -3.28. The molecule has 0 saturated carbocycles.